The van der Waals surface area contributed by atoms with Gasteiger partial charge in [-0.15, -0.1) is 0 Å². The average Bonchev–Trinajstić information content (AvgIpc) is 3.23. The van der Waals surface area contributed by atoms with Gasteiger partial charge in [0.2, 0.25) is 0 Å². The summed E-state index contributed by atoms with van der Waals surface area (Å²) in [5.74, 6) is 1.28. The van der Waals surface area contributed by atoms with Gasteiger partial charge in [-0.05, 0) is 39.8 Å². The Morgan fingerprint density at radius 2 is 1.86 bits per heavy atom. The minimum Gasteiger partial charge on any atom is -0.466 e. The summed E-state index contributed by atoms with van der Waals surface area (Å²) in [5.41, 5.74) is 2.58. The van der Waals surface area contributed by atoms with Gasteiger partial charge in [0.25, 0.3) is 5.91 Å². The molecule has 0 aromatic carbocycles. The van der Waals surface area contributed by atoms with Crippen LogP contribution in [0, 0.1) is 13.8 Å². The van der Waals surface area contributed by atoms with Gasteiger partial charge in [-0.25, -0.2) is 18.1 Å². The van der Waals surface area contributed by atoms with Crippen molar-refractivity contribution in [1.82, 2.24) is 19.7 Å². The number of fused-ring (bicyclic) bond motifs is 1. The molecule has 1 saturated heterocycles. The molecule has 0 N–H and O–H groups in total. The third-order valence-corrected chi connectivity index (χ3v) is 6.84. The fourth-order valence-corrected chi connectivity index (χ4v) is 4.88. The Morgan fingerprint density at radius 3 is 2.45 bits per heavy atom. The first-order valence-electron chi connectivity index (χ1n) is 9.61. The normalized spacial score (nSPS) is 16.7. The molecule has 3 aromatic rings. The maximum Gasteiger partial charge on any atom is 0.254 e. The second-order valence-electron chi connectivity index (χ2n) is 7.75. The van der Waals surface area contributed by atoms with Gasteiger partial charge in [-0.3, -0.25) is 4.79 Å². The molecule has 4 rings (SSSR count). The molecule has 8 nitrogen and oxygen atoms in total. The van der Waals surface area contributed by atoms with Crippen LogP contribution in [0.25, 0.3) is 22.3 Å². The van der Waals surface area contributed by atoms with Crippen LogP contribution in [0.5, 0.6) is 0 Å². The van der Waals surface area contributed by atoms with Crippen LogP contribution in [0.15, 0.2) is 22.7 Å². The highest BCUT2D eigenvalue weighted by atomic mass is 32.2. The first-order valence-corrected chi connectivity index (χ1v) is 11.4. The van der Waals surface area contributed by atoms with Crippen LogP contribution in [0.1, 0.15) is 41.8 Å². The lowest BCUT2D eigenvalue weighted by molar-refractivity contribution is 0.0772. The number of furan rings is 1. The lowest BCUT2D eigenvalue weighted by Crippen LogP contribution is -2.43. The first-order chi connectivity index (χ1) is 13.7. The van der Waals surface area contributed by atoms with Crippen molar-refractivity contribution in [1.29, 1.82) is 0 Å². The summed E-state index contributed by atoms with van der Waals surface area (Å²) in [5, 5.41) is 5.10. The Labute approximate surface area is 169 Å². The van der Waals surface area contributed by atoms with E-state index in [2.05, 4.69) is 5.10 Å². The number of nitrogens with zero attached hydrogens (tertiary/aromatic N) is 4. The number of hydrogen-bond acceptors (Lipinski definition) is 6. The smallest absolute Gasteiger partial charge is 0.254 e. The van der Waals surface area contributed by atoms with Crippen LogP contribution in [0.2, 0.25) is 0 Å². The van der Waals surface area contributed by atoms with Gasteiger partial charge in [0.15, 0.2) is 15.5 Å². The van der Waals surface area contributed by atoms with Crippen LogP contribution in [-0.2, 0) is 9.84 Å². The number of pyridine rings is 1. The summed E-state index contributed by atoms with van der Waals surface area (Å²) < 4.78 is 31.0. The highest BCUT2D eigenvalue weighted by molar-refractivity contribution is 7.91. The number of hydrogen-bond donors (Lipinski definition) is 0. The first kappa shape index (κ1) is 19.6. The summed E-state index contributed by atoms with van der Waals surface area (Å²) in [6.07, 6.45) is 1.66. The van der Waals surface area contributed by atoms with Gasteiger partial charge < -0.3 is 9.32 Å². The number of carbonyl (C=O) groups is 1. The summed E-state index contributed by atoms with van der Waals surface area (Å²) in [7, 11) is -3.07. The summed E-state index contributed by atoms with van der Waals surface area (Å²) >= 11 is 0. The van der Waals surface area contributed by atoms with Gasteiger partial charge in [0.05, 0.1) is 34.3 Å². The molecule has 3 aromatic heterocycles. The van der Waals surface area contributed by atoms with Crippen LogP contribution >= 0.6 is 0 Å². The average molecular weight is 417 g/mol. The number of aromatic nitrogens is 3. The molecule has 0 atom stereocenters. The number of carbonyl (C=O) groups excluding carboxylic acids is 1. The molecule has 29 heavy (non-hydrogen) atoms. The van der Waals surface area contributed by atoms with Crippen molar-refractivity contribution in [2.75, 3.05) is 24.6 Å². The van der Waals surface area contributed by atoms with E-state index < -0.39 is 9.84 Å². The highest BCUT2D eigenvalue weighted by Gasteiger charge is 2.28. The van der Waals surface area contributed by atoms with Crippen LogP contribution in [0.3, 0.4) is 0 Å². The maximum absolute atomic E-state index is 13.3. The Balaban J connectivity index is 1.86. The van der Waals surface area contributed by atoms with E-state index in [4.69, 9.17) is 9.40 Å². The molecule has 0 saturated carbocycles. The molecule has 0 aliphatic carbocycles. The van der Waals surface area contributed by atoms with Crippen molar-refractivity contribution >= 4 is 26.8 Å². The fourth-order valence-electron chi connectivity index (χ4n) is 3.68. The summed E-state index contributed by atoms with van der Waals surface area (Å²) in [6.45, 7) is 8.14. The molecule has 1 fully saturated rings. The minimum atomic E-state index is -3.07. The van der Waals surface area contributed by atoms with Gasteiger partial charge in [0, 0.05) is 24.7 Å². The molecule has 0 radical (unpaired) electrons. The van der Waals surface area contributed by atoms with E-state index in [-0.39, 0.29) is 36.5 Å². The van der Waals surface area contributed by atoms with Crippen molar-refractivity contribution in [2.45, 2.75) is 33.7 Å². The van der Waals surface area contributed by atoms with E-state index in [0.717, 1.165) is 17.1 Å². The Kier molecular flexibility index (Phi) is 4.72. The van der Waals surface area contributed by atoms with Gasteiger partial charge in [-0.2, -0.15) is 5.10 Å². The molecule has 154 valence electrons. The molecule has 0 spiro atoms. The molecule has 9 heteroatoms. The molecule has 0 bridgehead atoms. The van der Waals surface area contributed by atoms with Crippen molar-refractivity contribution in [3.8, 4) is 11.3 Å². The molecule has 1 aliphatic rings. The van der Waals surface area contributed by atoms with Crippen LogP contribution in [0.4, 0.5) is 0 Å². The van der Waals surface area contributed by atoms with Crippen molar-refractivity contribution in [2.24, 2.45) is 0 Å². The standard InChI is InChI=1S/C20H24N4O4S/c1-12(2)24-19-17(11-21-24)16(20(25)23-5-7-29(26,27)8-6-23)10-18(22-19)15-9-13(3)28-14(15)4/h9-12H,5-8H2,1-4H3. The Morgan fingerprint density at radius 1 is 1.17 bits per heavy atom. The zero-order valence-corrected chi connectivity index (χ0v) is 17.8. The number of amides is 1. The number of rotatable bonds is 3. The third-order valence-electron chi connectivity index (χ3n) is 5.23. The van der Waals surface area contributed by atoms with E-state index in [1.807, 2.05) is 33.8 Å². The summed E-state index contributed by atoms with van der Waals surface area (Å²) in [6, 6.07) is 3.74. The SMILES string of the molecule is Cc1cc(-c2cc(C(=O)N3CCS(=O)(=O)CC3)c3cnn(C(C)C)c3n2)c(C)o1. The van der Waals surface area contributed by atoms with Crippen LogP contribution < -0.4 is 0 Å². The monoisotopic (exact) mass is 416 g/mol. The van der Waals surface area contributed by atoms with Crippen molar-refractivity contribution < 1.29 is 17.6 Å². The zero-order chi connectivity index (χ0) is 20.9. The molecule has 0 unspecified atom stereocenters. The van der Waals surface area contributed by atoms with Gasteiger partial charge >= 0.3 is 0 Å². The Hall–Kier alpha value is -2.68. The van der Waals surface area contributed by atoms with Crippen molar-refractivity contribution in [3.63, 3.8) is 0 Å². The van der Waals surface area contributed by atoms with E-state index in [0.29, 0.717) is 22.3 Å². The lowest BCUT2D eigenvalue weighted by atomic mass is 10.1. The van der Waals surface area contributed by atoms with Gasteiger partial charge in [-0.1, -0.05) is 0 Å². The van der Waals surface area contributed by atoms with Crippen LogP contribution in [-0.4, -0.2) is 58.6 Å². The van der Waals surface area contributed by atoms with E-state index >= 15 is 0 Å². The van der Waals surface area contributed by atoms with E-state index in [9.17, 15) is 13.2 Å². The second kappa shape index (κ2) is 6.98. The maximum atomic E-state index is 13.3. The molecular formula is C20H24N4O4S. The fraction of sp³-hybridized carbons (Fsp3) is 0.450. The second-order valence-corrected chi connectivity index (χ2v) is 10.0. The molecular weight excluding hydrogens is 392 g/mol. The highest BCUT2D eigenvalue weighted by Crippen LogP contribution is 2.30. The minimum absolute atomic E-state index is 0.00882. The van der Waals surface area contributed by atoms with E-state index in [1.165, 1.54) is 0 Å². The largest absolute Gasteiger partial charge is 0.466 e. The van der Waals surface area contributed by atoms with Crippen molar-refractivity contribution in [3.05, 3.63) is 35.4 Å². The molecule has 1 amide bonds. The zero-order valence-electron chi connectivity index (χ0n) is 17.0. The topological polar surface area (TPSA) is 98.3 Å². The number of sulfone groups is 1. The summed E-state index contributed by atoms with van der Waals surface area (Å²) in [4.78, 5) is 19.7. The Bertz CT molecular complexity index is 1190. The quantitative estimate of drug-likeness (QED) is 0.651. The molecule has 4 heterocycles. The number of aryl methyl sites for hydroxylation is 2. The lowest BCUT2D eigenvalue weighted by Gasteiger charge is -2.27. The predicted octanol–water partition coefficient (Wildman–Crippen LogP) is 2.76. The third kappa shape index (κ3) is 3.55. The molecule has 1 aliphatic heterocycles. The van der Waals surface area contributed by atoms with Gasteiger partial charge in [0.1, 0.15) is 11.5 Å². The van der Waals surface area contributed by atoms with E-state index in [1.54, 1.807) is 21.8 Å². The predicted molar refractivity (Wildman–Crippen MR) is 110 cm³/mol.